The molecule has 1 aromatic heterocycles. The standard InChI is InChI=1S/C21H27N5OS.H2/c1-14-22-19(28-25-14)15-6-8-16(9-7-15)26-12-10-21(11-13-26)17-4-2-3-5-18(17)23-20(27)24-21;/h2-5,15-16H,6-13H2,1H3,(H2,23,24,27);1H. The summed E-state index contributed by atoms with van der Waals surface area (Å²) in [5.74, 6) is 1.50. The third-order valence-electron chi connectivity index (χ3n) is 6.80. The molecule has 7 heteroatoms. The van der Waals surface area contributed by atoms with Crippen LogP contribution in [0, 0.1) is 6.92 Å². The quantitative estimate of drug-likeness (QED) is 0.792. The molecule has 28 heavy (non-hydrogen) atoms. The number of likely N-dealkylation sites (tertiary alicyclic amines) is 1. The van der Waals surface area contributed by atoms with Gasteiger partial charge in [-0.15, -0.1) is 0 Å². The molecule has 1 spiro atoms. The fourth-order valence-corrected chi connectivity index (χ4v) is 6.10. The van der Waals surface area contributed by atoms with E-state index in [2.05, 4.69) is 37.0 Å². The Labute approximate surface area is 171 Å². The largest absolute Gasteiger partial charge is 0.328 e. The smallest absolute Gasteiger partial charge is 0.319 e. The summed E-state index contributed by atoms with van der Waals surface area (Å²) in [6.07, 6.45) is 6.86. The number of aromatic nitrogens is 2. The third kappa shape index (κ3) is 3.20. The number of fused-ring (bicyclic) bond motifs is 2. The van der Waals surface area contributed by atoms with E-state index in [1.54, 1.807) is 11.5 Å². The molecule has 2 aromatic rings. The number of para-hydroxylation sites is 1. The summed E-state index contributed by atoms with van der Waals surface area (Å²) in [6, 6.07) is 8.83. The maximum atomic E-state index is 12.2. The van der Waals surface area contributed by atoms with Gasteiger partial charge in [0.1, 0.15) is 10.8 Å². The molecular formula is C21H29N5OS. The molecule has 0 atom stereocenters. The van der Waals surface area contributed by atoms with Crippen LogP contribution in [-0.2, 0) is 5.54 Å². The second-order valence-corrected chi connectivity index (χ2v) is 9.21. The summed E-state index contributed by atoms with van der Waals surface area (Å²) in [4.78, 5) is 19.5. The zero-order valence-electron chi connectivity index (χ0n) is 16.3. The van der Waals surface area contributed by atoms with Gasteiger partial charge in [-0.25, -0.2) is 9.78 Å². The minimum absolute atomic E-state index is 0. The predicted octanol–water partition coefficient (Wildman–Crippen LogP) is 4.25. The molecule has 2 N–H and O–H groups in total. The van der Waals surface area contributed by atoms with E-state index < -0.39 is 0 Å². The predicted molar refractivity (Wildman–Crippen MR) is 113 cm³/mol. The summed E-state index contributed by atoms with van der Waals surface area (Å²) >= 11 is 1.58. The van der Waals surface area contributed by atoms with Crippen LogP contribution in [0.3, 0.4) is 0 Å². The van der Waals surface area contributed by atoms with Crippen molar-refractivity contribution in [1.82, 2.24) is 19.6 Å². The summed E-state index contributed by atoms with van der Waals surface area (Å²) < 4.78 is 4.35. The third-order valence-corrected chi connectivity index (χ3v) is 7.77. The van der Waals surface area contributed by atoms with Crippen LogP contribution in [0.2, 0.25) is 0 Å². The van der Waals surface area contributed by atoms with Crippen molar-refractivity contribution in [2.45, 2.75) is 62.9 Å². The Kier molecular flexibility index (Phi) is 4.59. The van der Waals surface area contributed by atoms with Crippen molar-refractivity contribution < 1.29 is 6.22 Å². The van der Waals surface area contributed by atoms with Crippen LogP contribution in [0.4, 0.5) is 10.5 Å². The highest BCUT2D eigenvalue weighted by atomic mass is 32.1. The number of nitrogens with one attached hydrogen (secondary N) is 2. The molecule has 3 aliphatic rings. The second kappa shape index (κ2) is 7.12. The number of piperidine rings is 1. The van der Waals surface area contributed by atoms with Crippen LogP contribution in [0.1, 0.15) is 62.3 Å². The van der Waals surface area contributed by atoms with Crippen molar-refractivity contribution in [3.63, 3.8) is 0 Å². The lowest BCUT2D eigenvalue weighted by molar-refractivity contribution is 0.0795. The number of carbonyl (C=O) groups is 1. The number of hydrogen-bond donors (Lipinski definition) is 2. The number of rotatable bonds is 2. The molecule has 0 unspecified atom stereocenters. The monoisotopic (exact) mass is 399 g/mol. The molecule has 2 aliphatic heterocycles. The summed E-state index contributed by atoms with van der Waals surface area (Å²) in [5, 5.41) is 7.43. The van der Waals surface area contributed by atoms with Gasteiger partial charge in [0.25, 0.3) is 0 Å². The molecule has 6 nitrogen and oxygen atoms in total. The van der Waals surface area contributed by atoms with E-state index in [1.807, 2.05) is 19.1 Å². The van der Waals surface area contributed by atoms with Gasteiger partial charge in [0.15, 0.2) is 0 Å². The van der Waals surface area contributed by atoms with Crippen LogP contribution in [0.15, 0.2) is 24.3 Å². The molecule has 150 valence electrons. The lowest BCUT2D eigenvalue weighted by Crippen LogP contribution is -2.58. The molecule has 1 aromatic carbocycles. The number of anilines is 1. The molecule has 0 bridgehead atoms. The van der Waals surface area contributed by atoms with Crippen molar-refractivity contribution in [2.75, 3.05) is 18.4 Å². The highest BCUT2D eigenvalue weighted by molar-refractivity contribution is 7.05. The van der Waals surface area contributed by atoms with Crippen molar-refractivity contribution in [2.24, 2.45) is 0 Å². The molecule has 0 radical (unpaired) electrons. The summed E-state index contributed by atoms with van der Waals surface area (Å²) in [7, 11) is 0. The highest BCUT2D eigenvalue weighted by Crippen LogP contribution is 2.42. The minimum atomic E-state index is -0.212. The SMILES string of the molecule is Cc1nsc(C2CCC(N3CCC4(CC3)NC(=O)Nc3ccccc34)CC2)n1.[HH]. The fraction of sp³-hybridized carbons (Fsp3) is 0.571. The van der Waals surface area contributed by atoms with E-state index in [9.17, 15) is 4.79 Å². The average molecular weight is 400 g/mol. The van der Waals surface area contributed by atoms with E-state index in [0.717, 1.165) is 37.4 Å². The molecule has 2 fully saturated rings. The lowest BCUT2D eigenvalue weighted by Gasteiger charge is -2.48. The van der Waals surface area contributed by atoms with E-state index in [-0.39, 0.29) is 13.0 Å². The number of urea groups is 1. The highest BCUT2D eigenvalue weighted by Gasteiger charge is 2.43. The van der Waals surface area contributed by atoms with E-state index >= 15 is 0 Å². The number of carbonyl (C=O) groups excluding carboxylic acids is 1. The van der Waals surface area contributed by atoms with Gasteiger partial charge in [-0.2, -0.15) is 4.37 Å². The summed E-state index contributed by atoms with van der Waals surface area (Å²) in [5.41, 5.74) is 1.99. The number of benzene rings is 1. The van der Waals surface area contributed by atoms with Crippen molar-refractivity contribution in [3.8, 4) is 0 Å². The van der Waals surface area contributed by atoms with Gasteiger partial charge in [0, 0.05) is 37.7 Å². The Morgan fingerprint density at radius 1 is 1.18 bits per heavy atom. The normalized spacial score (nSPS) is 27.1. The molecular weight excluding hydrogens is 370 g/mol. The van der Waals surface area contributed by atoms with Crippen molar-refractivity contribution >= 4 is 23.3 Å². The van der Waals surface area contributed by atoms with Crippen molar-refractivity contribution in [1.29, 1.82) is 0 Å². The number of amides is 2. The molecule has 2 amide bonds. The average Bonchev–Trinajstić information content (AvgIpc) is 3.15. The van der Waals surface area contributed by atoms with Gasteiger partial charge in [0.05, 0.1) is 5.54 Å². The maximum absolute atomic E-state index is 12.2. The van der Waals surface area contributed by atoms with Crippen LogP contribution in [-0.4, -0.2) is 39.4 Å². The Balaban J connectivity index is 0.00000205. The first-order chi connectivity index (χ1) is 13.6. The lowest BCUT2D eigenvalue weighted by atomic mass is 9.77. The molecule has 3 heterocycles. The van der Waals surface area contributed by atoms with E-state index in [0.29, 0.717) is 12.0 Å². The van der Waals surface area contributed by atoms with Gasteiger partial charge >= 0.3 is 6.03 Å². The van der Waals surface area contributed by atoms with E-state index in [4.69, 9.17) is 0 Å². The molecule has 5 rings (SSSR count). The Morgan fingerprint density at radius 2 is 1.93 bits per heavy atom. The Hall–Kier alpha value is -1.99. The Morgan fingerprint density at radius 3 is 2.64 bits per heavy atom. The zero-order chi connectivity index (χ0) is 19.1. The minimum Gasteiger partial charge on any atom is -0.328 e. The Bertz CT molecular complexity index is 871. The van der Waals surface area contributed by atoms with Gasteiger partial charge < -0.3 is 15.5 Å². The number of hydrogen-bond acceptors (Lipinski definition) is 5. The van der Waals surface area contributed by atoms with Crippen molar-refractivity contribution in [3.05, 3.63) is 40.7 Å². The van der Waals surface area contributed by atoms with Gasteiger partial charge in [-0.05, 0) is 63.0 Å². The summed E-state index contributed by atoms with van der Waals surface area (Å²) in [6.45, 7) is 4.07. The first-order valence-corrected chi connectivity index (χ1v) is 11.1. The van der Waals surface area contributed by atoms with Crippen LogP contribution < -0.4 is 10.6 Å². The van der Waals surface area contributed by atoms with Crippen LogP contribution >= 0.6 is 11.5 Å². The maximum Gasteiger partial charge on any atom is 0.319 e. The van der Waals surface area contributed by atoms with Gasteiger partial charge in [-0.1, -0.05) is 18.2 Å². The van der Waals surface area contributed by atoms with Crippen LogP contribution in [0.25, 0.3) is 0 Å². The zero-order valence-corrected chi connectivity index (χ0v) is 17.1. The van der Waals surface area contributed by atoms with Gasteiger partial charge in [0.2, 0.25) is 0 Å². The fourth-order valence-electron chi connectivity index (χ4n) is 5.28. The molecule has 1 saturated heterocycles. The molecule has 1 aliphatic carbocycles. The van der Waals surface area contributed by atoms with E-state index in [1.165, 1.54) is 36.3 Å². The number of aryl methyl sites for hydroxylation is 1. The van der Waals surface area contributed by atoms with Crippen LogP contribution in [0.5, 0.6) is 0 Å². The first kappa shape index (κ1) is 18.1. The second-order valence-electron chi connectivity index (χ2n) is 8.43. The topological polar surface area (TPSA) is 70.2 Å². The van der Waals surface area contributed by atoms with Gasteiger partial charge in [-0.3, -0.25) is 0 Å². The first-order valence-electron chi connectivity index (χ1n) is 10.4. The number of nitrogens with zero attached hydrogens (tertiary/aromatic N) is 3. The molecule has 1 saturated carbocycles.